The summed E-state index contributed by atoms with van der Waals surface area (Å²) in [4.78, 5) is 12.4. The quantitative estimate of drug-likeness (QED) is 0.325. The van der Waals surface area contributed by atoms with Crippen molar-refractivity contribution in [2.45, 2.75) is 13.5 Å². The van der Waals surface area contributed by atoms with Gasteiger partial charge >= 0.3 is 0 Å². The fourth-order valence-electron chi connectivity index (χ4n) is 3.07. The Morgan fingerprint density at radius 2 is 1.76 bits per heavy atom. The average Bonchev–Trinajstić information content (AvgIpc) is 2.77. The number of sulfonamides is 1. The molecule has 1 N–H and O–H groups in total. The minimum Gasteiger partial charge on any atom is -0.489 e. The Labute approximate surface area is 209 Å². The van der Waals surface area contributed by atoms with Gasteiger partial charge in [-0.3, -0.25) is 9.10 Å². The second kappa shape index (κ2) is 11.4. The lowest BCUT2D eigenvalue weighted by Crippen LogP contribution is -2.39. The number of nitrogens with one attached hydrogen (secondary N) is 1. The van der Waals surface area contributed by atoms with E-state index in [9.17, 15) is 13.2 Å². The Kier molecular flexibility index (Phi) is 8.55. The molecule has 0 fully saturated rings. The standard InChI is InChI=1S/C24H23Cl2N3O4S/c1-17-12-21(26)8-11-23(17)29(34(2,31)32)15-24(30)28-27-14-18-6-9-22(10-7-18)33-16-19-4-3-5-20(25)13-19/h3-14H,15-16H2,1-2H3,(H,28,30)/b27-14-. The van der Waals surface area contributed by atoms with E-state index in [0.29, 0.717) is 33.7 Å². The SMILES string of the molecule is Cc1cc(Cl)ccc1N(CC(=O)N/N=C\c1ccc(OCc2cccc(Cl)c2)cc1)S(C)(=O)=O. The largest absolute Gasteiger partial charge is 0.489 e. The summed E-state index contributed by atoms with van der Waals surface area (Å²) in [5.74, 6) is 0.0841. The molecule has 0 aliphatic carbocycles. The summed E-state index contributed by atoms with van der Waals surface area (Å²) in [7, 11) is -3.70. The molecular formula is C24H23Cl2N3O4S. The third-order valence-corrected chi connectivity index (χ3v) is 6.29. The topological polar surface area (TPSA) is 88.1 Å². The van der Waals surface area contributed by atoms with Crippen molar-refractivity contribution in [2.75, 3.05) is 17.1 Å². The van der Waals surface area contributed by atoms with Gasteiger partial charge in [0.1, 0.15) is 18.9 Å². The van der Waals surface area contributed by atoms with Crippen molar-refractivity contribution in [3.63, 3.8) is 0 Å². The lowest BCUT2D eigenvalue weighted by atomic mass is 10.2. The first-order valence-corrected chi connectivity index (χ1v) is 12.8. The van der Waals surface area contributed by atoms with Crippen molar-refractivity contribution in [1.82, 2.24) is 5.43 Å². The van der Waals surface area contributed by atoms with Crippen molar-refractivity contribution in [3.05, 3.63) is 93.5 Å². The van der Waals surface area contributed by atoms with Crippen LogP contribution in [0.4, 0.5) is 5.69 Å². The number of ether oxygens (including phenoxy) is 1. The molecule has 7 nitrogen and oxygen atoms in total. The summed E-state index contributed by atoms with van der Waals surface area (Å²) in [6.45, 7) is 1.68. The Hall–Kier alpha value is -3.07. The monoisotopic (exact) mass is 519 g/mol. The molecule has 0 atom stereocenters. The van der Waals surface area contributed by atoms with Gasteiger partial charge in [-0.05, 0) is 78.2 Å². The number of carbonyl (C=O) groups is 1. The van der Waals surface area contributed by atoms with Gasteiger partial charge in [-0.25, -0.2) is 13.8 Å². The summed E-state index contributed by atoms with van der Waals surface area (Å²) >= 11 is 11.9. The zero-order valence-corrected chi connectivity index (χ0v) is 20.9. The van der Waals surface area contributed by atoms with Gasteiger partial charge in [0.2, 0.25) is 10.0 Å². The second-order valence-corrected chi connectivity index (χ2v) is 10.3. The lowest BCUT2D eigenvalue weighted by Gasteiger charge is -2.23. The molecular weight excluding hydrogens is 497 g/mol. The van der Waals surface area contributed by atoms with E-state index in [-0.39, 0.29) is 0 Å². The van der Waals surface area contributed by atoms with E-state index in [1.54, 1.807) is 55.5 Å². The maximum atomic E-state index is 12.4. The molecule has 0 spiro atoms. The molecule has 3 rings (SSSR count). The smallest absolute Gasteiger partial charge is 0.260 e. The van der Waals surface area contributed by atoms with Crippen molar-refractivity contribution in [3.8, 4) is 5.75 Å². The van der Waals surface area contributed by atoms with Crippen LogP contribution < -0.4 is 14.5 Å². The van der Waals surface area contributed by atoms with E-state index in [1.807, 2.05) is 18.2 Å². The average molecular weight is 520 g/mol. The Morgan fingerprint density at radius 1 is 1.06 bits per heavy atom. The zero-order valence-electron chi connectivity index (χ0n) is 18.5. The number of carbonyl (C=O) groups excluding carboxylic acids is 1. The van der Waals surface area contributed by atoms with Crippen LogP contribution in [-0.2, 0) is 21.4 Å². The van der Waals surface area contributed by atoms with Crippen LogP contribution in [-0.4, -0.2) is 33.3 Å². The molecule has 0 saturated carbocycles. The van der Waals surface area contributed by atoms with E-state index in [0.717, 1.165) is 21.7 Å². The number of hydrogen-bond acceptors (Lipinski definition) is 5. The van der Waals surface area contributed by atoms with Crippen LogP contribution in [0.15, 0.2) is 71.8 Å². The van der Waals surface area contributed by atoms with Crippen molar-refractivity contribution in [1.29, 1.82) is 0 Å². The van der Waals surface area contributed by atoms with Crippen LogP contribution >= 0.6 is 23.2 Å². The number of hydrogen-bond donors (Lipinski definition) is 1. The van der Waals surface area contributed by atoms with Crippen LogP contribution in [0.1, 0.15) is 16.7 Å². The maximum absolute atomic E-state index is 12.4. The van der Waals surface area contributed by atoms with Gasteiger partial charge in [-0.15, -0.1) is 0 Å². The van der Waals surface area contributed by atoms with Gasteiger partial charge in [-0.2, -0.15) is 5.10 Å². The molecule has 1 amide bonds. The number of hydrazone groups is 1. The molecule has 0 radical (unpaired) electrons. The molecule has 0 heterocycles. The van der Waals surface area contributed by atoms with Crippen molar-refractivity contribution >= 4 is 51.0 Å². The zero-order chi connectivity index (χ0) is 24.7. The summed E-state index contributed by atoms with van der Waals surface area (Å²) in [6, 6.07) is 19.3. The van der Waals surface area contributed by atoms with E-state index in [4.69, 9.17) is 27.9 Å². The molecule has 0 bridgehead atoms. The number of aryl methyl sites for hydroxylation is 1. The first kappa shape index (κ1) is 25.6. The highest BCUT2D eigenvalue weighted by Crippen LogP contribution is 2.25. The van der Waals surface area contributed by atoms with Crippen LogP contribution in [0.2, 0.25) is 10.0 Å². The fraction of sp³-hybridized carbons (Fsp3) is 0.167. The van der Waals surface area contributed by atoms with E-state index < -0.39 is 22.5 Å². The lowest BCUT2D eigenvalue weighted by molar-refractivity contribution is -0.119. The normalized spacial score (nSPS) is 11.4. The number of amides is 1. The first-order valence-electron chi connectivity index (χ1n) is 10.1. The molecule has 0 aliphatic heterocycles. The van der Waals surface area contributed by atoms with Gasteiger partial charge in [0.05, 0.1) is 18.2 Å². The fourth-order valence-corrected chi connectivity index (χ4v) is 4.42. The van der Waals surface area contributed by atoms with Gasteiger partial charge in [0.15, 0.2) is 0 Å². The first-order chi connectivity index (χ1) is 16.1. The van der Waals surface area contributed by atoms with Crippen molar-refractivity contribution in [2.24, 2.45) is 5.10 Å². The van der Waals surface area contributed by atoms with E-state index in [1.165, 1.54) is 6.21 Å². The molecule has 34 heavy (non-hydrogen) atoms. The molecule has 10 heteroatoms. The molecule has 0 aliphatic rings. The van der Waals surface area contributed by atoms with Crippen LogP contribution in [0.5, 0.6) is 5.75 Å². The molecule has 3 aromatic rings. The molecule has 3 aromatic carbocycles. The summed E-state index contributed by atoms with van der Waals surface area (Å²) in [5.41, 5.74) is 5.04. The highest BCUT2D eigenvalue weighted by atomic mass is 35.5. The second-order valence-electron chi connectivity index (χ2n) is 7.48. The molecule has 178 valence electrons. The highest BCUT2D eigenvalue weighted by molar-refractivity contribution is 7.92. The Balaban J connectivity index is 1.57. The molecule has 0 saturated heterocycles. The predicted molar refractivity (Wildman–Crippen MR) is 136 cm³/mol. The summed E-state index contributed by atoms with van der Waals surface area (Å²) in [6.07, 6.45) is 2.49. The number of halogens is 2. The summed E-state index contributed by atoms with van der Waals surface area (Å²) in [5, 5.41) is 5.04. The third kappa shape index (κ3) is 7.48. The van der Waals surface area contributed by atoms with E-state index >= 15 is 0 Å². The van der Waals surface area contributed by atoms with Crippen LogP contribution in [0, 0.1) is 6.92 Å². The number of rotatable bonds is 9. The Bertz CT molecular complexity index is 1300. The summed E-state index contributed by atoms with van der Waals surface area (Å²) < 4.78 is 31.2. The number of anilines is 1. The number of nitrogens with zero attached hydrogens (tertiary/aromatic N) is 2. The van der Waals surface area contributed by atoms with Gasteiger partial charge in [-0.1, -0.05) is 35.3 Å². The van der Waals surface area contributed by atoms with Crippen molar-refractivity contribution < 1.29 is 17.9 Å². The van der Waals surface area contributed by atoms with Gasteiger partial charge in [0, 0.05) is 10.0 Å². The van der Waals surface area contributed by atoms with Crippen LogP contribution in [0.3, 0.4) is 0 Å². The van der Waals surface area contributed by atoms with Gasteiger partial charge < -0.3 is 4.74 Å². The Morgan fingerprint density at radius 3 is 2.41 bits per heavy atom. The molecule has 0 unspecified atom stereocenters. The molecule has 0 aromatic heterocycles. The van der Waals surface area contributed by atoms with E-state index in [2.05, 4.69) is 10.5 Å². The number of benzene rings is 3. The highest BCUT2D eigenvalue weighted by Gasteiger charge is 2.22. The van der Waals surface area contributed by atoms with Gasteiger partial charge in [0.25, 0.3) is 5.91 Å². The third-order valence-electron chi connectivity index (χ3n) is 4.69. The van der Waals surface area contributed by atoms with Crippen LogP contribution in [0.25, 0.3) is 0 Å². The predicted octanol–water partition coefficient (Wildman–Crippen LogP) is 4.80. The maximum Gasteiger partial charge on any atom is 0.260 e. The minimum absolute atomic E-state index is 0.374. The minimum atomic E-state index is -3.70.